The zero-order valence-electron chi connectivity index (χ0n) is 17.8. The van der Waals surface area contributed by atoms with Crippen LogP contribution in [0.15, 0.2) is 6.20 Å². The van der Waals surface area contributed by atoms with Crippen LogP contribution in [0.4, 0.5) is 19.1 Å². The van der Waals surface area contributed by atoms with Crippen LogP contribution in [0.1, 0.15) is 31.0 Å². The number of sulfonamides is 1. The molecular weight excluding hydrogens is 487 g/mol. The summed E-state index contributed by atoms with van der Waals surface area (Å²) in [6.45, 7) is -0.124. The van der Waals surface area contributed by atoms with E-state index in [1.165, 1.54) is 15.4 Å². The lowest BCUT2D eigenvalue weighted by Crippen LogP contribution is -2.51. The molecule has 2 aromatic heterocycles. The number of nitrogens with one attached hydrogen (secondary N) is 1. The first-order chi connectivity index (χ1) is 15.4. The number of halogens is 4. The number of aliphatic hydroxyl groups excluding tert-OH is 1. The first-order valence-corrected chi connectivity index (χ1v) is 12.7. The van der Waals surface area contributed by atoms with Crippen molar-refractivity contribution in [3.8, 4) is 0 Å². The number of piperidine rings is 2. The lowest BCUT2D eigenvalue weighted by Gasteiger charge is -2.34. The van der Waals surface area contributed by atoms with Crippen LogP contribution >= 0.6 is 11.6 Å². The molecule has 0 unspecified atom stereocenters. The fraction of sp³-hybridized carbons (Fsp3) is 0.722. The van der Waals surface area contributed by atoms with Crippen LogP contribution in [0, 0.1) is 0 Å². The van der Waals surface area contributed by atoms with E-state index in [-0.39, 0.29) is 43.2 Å². The topological polar surface area (TPSA) is 116 Å². The Morgan fingerprint density at radius 3 is 2.55 bits per heavy atom. The maximum atomic E-state index is 12.7. The Bertz CT molecular complexity index is 1110. The number of rotatable bonds is 5. The Morgan fingerprint density at radius 1 is 1.24 bits per heavy atom. The van der Waals surface area contributed by atoms with Gasteiger partial charge in [0.25, 0.3) is 0 Å². The molecular formula is C18H25ClF3N7O3S. The second-order valence-electron chi connectivity index (χ2n) is 8.53. The van der Waals surface area contributed by atoms with Gasteiger partial charge in [0.15, 0.2) is 5.15 Å². The quantitative estimate of drug-likeness (QED) is 0.617. The Morgan fingerprint density at radius 2 is 1.94 bits per heavy atom. The molecule has 0 aliphatic carbocycles. The fourth-order valence-corrected chi connectivity index (χ4v) is 5.42. The molecule has 2 aliphatic rings. The molecule has 33 heavy (non-hydrogen) atoms. The van der Waals surface area contributed by atoms with Crippen molar-refractivity contribution in [2.24, 2.45) is 0 Å². The molecule has 0 saturated carbocycles. The van der Waals surface area contributed by atoms with Crippen molar-refractivity contribution in [1.29, 1.82) is 0 Å². The van der Waals surface area contributed by atoms with Gasteiger partial charge >= 0.3 is 6.18 Å². The van der Waals surface area contributed by atoms with Crippen molar-refractivity contribution in [3.63, 3.8) is 0 Å². The number of hydrogen-bond donors (Lipinski definition) is 2. The van der Waals surface area contributed by atoms with E-state index in [1.54, 1.807) is 4.52 Å². The summed E-state index contributed by atoms with van der Waals surface area (Å²) in [5.41, 5.74) is 0.474. The van der Waals surface area contributed by atoms with Gasteiger partial charge in [-0.25, -0.2) is 22.9 Å². The molecule has 2 saturated heterocycles. The molecule has 2 aromatic rings. The number of anilines is 1. The van der Waals surface area contributed by atoms with Gasteiger partial charge in [-0.1, -0.05) is 11.6 Å². The number of alkyl halides is 3. The number of fused-ring (bicyclic) bond motifs is 1. The van der Waals surface area contributed by atoms with Crippen molar-refractivity contribution < 1.29 is 26.7 Å². The molecule has 0 spiro atoms. The maximum absolute atomic E-state index is 12.7. The van der Waals surface area contributed by atoms with Gasteiger partial charge in [-0.2, -0.15) is 17.5 Å². The van der Waals surface area contributed by atoms with Crippen LogP contribution in [0.5, 0.6) is 0 Å². The van der Waals surface area contributed by atoms with Crippen molar-refractivity contribution in [2.75, 3.05) is 44.3 Å². The van der Waals surface area contributed by atoms with Gasteiger partial charge in [-0.15, -0.1) is 5.10 Å². The summed E-state index contributed by atoms with van der Waals surface area (Å²) in [5, 5.41) is 18.1. The third-order valence-electron chi connectivity index (χ3n) is 6.06. The van der Waals surface area contributed by atoms with Crippen molar-refractivity contribution in [1.82, 2.24) is 28.8 Å². The molecule has 10 nitrogen and oxygen atoms in total. The molecule has 2 atom stereocenters. The van der Waals surface area contributed by atoms with Gasteiger partial charge in [0.2, 0.25) is 16.0 Å². The Kier molecular flexibility index (Phi) is 6.75. The number of likely N-dealkylation sites (tertiary alicyclic amines) is 1. The molecule has 184 valence electrons. The highest BCUT2D eigenvalue weighted by atomic mass is 35.5. The monoisotopic (exact) mass is 511 g/mol. The number of aromatic nitrogens is 4. The average Bonchev–Trinajstić information content (AvgIpc) is 3.04. The molecule has 4 rings (SSSR count). The first kappa shape index (κ1) is 24.4. The summed E-state index contributed by atoms with van der Waals surface area (Å²) < 4.78 is 64.2. The predicted octanol–water partition coefficient (Wildman–Crippen LogP) is 1.33. The zero-order chi connectivity index (χ0) is 24.0. The summed E-state index contributed by atoms with van der Waals surface area (Å²) in [6.07, 6.45) is -1.25. The third kappa shape index (κ3) is 5.67. The van der Waals surface area contributed by atoms with E-state index in [0.29, 0.717) is 30.6 Å². The molecule has 2 fully saturated rings. The summed E-state index contributed by atoms with van der Waals surface area (Å²) in [4.78, 5) is 9.99. The van der Waals surface area contributed by atoms with Gasteiger partial charge in [0.1, 0.15) is 11.3 Å². The predicted molar refractivity (Wildman–Crippen MR) is 115 cm³/mol. The number of hydrogen-bond acceptors (Lipinski definition) is 8. The minimum Gasteiger partial charge on any atom is -0.390 e. The lowest BCUT2D eigenvalue weighted by molar-refractivity contribution is -0.148. The van der Waals surface area contributed by atoms with Crippen LogP contribution in [0.25, 0.3) is 5.52 Å². The highest BCUT2D eigenvalue weighted by Crippen LogP contribution is 2.31. The second kappa shape index (κ2) is 9.13. The third-order valence-corrected chi connectivity index (χ3v) is 7.60. The Hall–Kier alpha value is -1.74. The highest BCUT2D eigenvalue weighted by molar-refractivity contribution is 7.88. The van der Waals surface area contributed by atoms with Crippen LogP contribution in [-0.2, 0) is 10.0 Å². The minimum atomic E-state index is -4.23. The molecule has 0 amide bonds. The SMILES string of the molecule is CS(=O)(=O)N1CC[C@H](Nc2ncc3c(Cl)nc(C4CCN(CC(F)(F)F)CC4)n3n2)[C@H](O)C1. The number of imidazole rings is 1. The van der Waals surface area contributed by atoms with Crippen molar-refractivity contribution >= 4 is 33.1 Å². The molecule has 2 N–H and O–H groups in total. The standard InChI is InChI=1S/C18H25ClF3N7O3S/c1-33(31,32)28-7-4-12(14(30)9-28)24-17-23-8-13-15(19)25-16(29(13)26-17)11-2-5-27(6-3-11)10-18(20,21)22/h8,11-12,14,30H,2-7,9-10H2,1H3,(H,24,26)/t12-,14+/m0/s1. The van der Waals surface area contributed by atoms with E-state index < -0.39 is 34.9 Å². The van der Waals surface area contributed by atoms with Crippen molar-refractivity contribution in [3.05, 3.63) is 17.2 Å². The molecule has 0 bridgehead atoms. The fourth-order valence-electron chi connectivity index (χ4n) is 4.34. The van der Waals surface area contributed by atoms with Gasteiger partial charge in [0, 0.05) is 19.0 Å². The van der Waals surface area contributed by atoms with E-state index >= 15 is 0 Å². The van der Waals surface area contributed by atoms with Gasteiger partial charge < -0.3 is 10.4 Å². The van der Waals surface area contributed by atoms with Crippen LogP contribution in [-0.4, -0.2) is 99.6 Å². The van der Waals surface area contributed by atoms with Crippen molar-refractivity contribution in [2.45, 2.75) is 43.5 Å². The lowest BCUT2D eigenvalue weighted by atomic mass is 9.96. The van der Waals surface area contributed by atoms with E-state index in [1.807, 2.05) is 0 Å². The second-order valence-corrected chi connectivity index (χ2v) is 10.9. The van der Waals surface area contributed by atoms with Crippen LogP contribution < -0.4 is 5.32 Å². The first-order valence-electron chi connectivity index (χ1n) is 10.5. The van der Waals surface area contributed by atoms with E-state index in [2.05, 4.69) is 20.4 Å². The molecule has 2 aliphatic heterocycles. The number of aliphatic hydroxyl groups is 1. The van der Waals surface area contributed by atoms with E-state index in [0.717, 1.165) is 6.26 Å². The number of nitrogens with zero attached hydrogens (tertiary/aromatic N) is 6. The molecule has 0 radical (unpaired) electrons. The molecule has 0 aromatic carbocycles. The summed E-state index contributed by atoms with van der Waals surface area (Å²) >= 11 is 6.24. The Labute approximate surface area is 193 Å². The summed E-state index contributed by atoms with van der Waals surface area (Å²) in [6, 6.07) is -0.450. The molecule has 4 heterocycles. The minimum absolute atomic E-state index is 0.0304. The zero-order valence-corrected chi connectivity index (χ0v) is 19.4. The maximum Gasteiger partial charge on any atom is 0.401 e. The molecule has 15 heteroatoms. The number of β-amino-alcohol motifs (C(OH)–C–C–N with tert-alkyl or cyclic N) is 1. The van der Waals surface area contributed by atoms with Gasteiger partial charge in [-0.05, 0) is 32.4 Å². The normalized spacial score (nSPS) is 24.4. The Balaban J connectivity index is 1.48. The highest BCUT2D eigenvalue weighted by Gasteiger charge is 2.35. The smallest absolute Gasteiger partial charge is 0.390 e. The van der Waals surface area contributed by atoms with Gasteiger partial charge in [-0.3, -0.25) is 4.90 Å². The van der Waals surface area contributed by atoms with Crippen LogP contribution in [0.3, 0.4) is 0 Å². The average molecular weight is 512 g/mol. The van der Waals surface area contributed by atoms with Gasteiger partial charge in [0.05, 0.1) is 31.1 Å². The summed E-state index contributed by atoms with van der Waals surface area (Å²) in [5.74, 6) is 0.657. The summed E-state index contributed by atoms with van der Waals surface area (Å²) in [7, 11) is -3.39. The van der Waals surface area contributed by atoms with E-state index in [9.17, 15) is 26.7 Å². The van der Waals surface area contributed by atoms with E-state index in [4.69, 9.17) is 11.6 Å². The largest absolute Gasteiger partial charge is 0.401 e. The van der Waals surface area contributed by atoms with Crippen LogP contribution in [0.2, 0.25) is 5.15 Å².